The number of thiazole rings is 1. The summed E-state index contributed by atoms with van der Waals surface area (Å²) in [6, 6.07) is 0. The van der Waals surface area contributed by atoms with Gasteiger partial charge in [-0.2, -0.15) is 0 Å². The summed E-state index contributed by atoms with van der Waals surface area (Å²) >= 11 is 1.53. The van der Waals surface area contributed by atoms with Gasteiger partial charge in [-0.3, -0.25) is 4.90 Å². The van der Waals surface area contributed by atoms with Gasteiger partial charge in [-0.1, -0.05) is 13.8 Å². The Kier molecular flexibility index (Phi) is 3.26. The van der Waals surface area contributed by atoms with Gasteiger partial charge in [0.05, 0.1) is 5.69 Å². The highest BCUT2D eigenvalue weighted by molar-refractivity contribution is 7.13. The monoisotopic (exact) mass is 225 g/mol. The number of hydrogen-bond donors (Lipinski definition) is 1. The zero-order valence-corrected chi connectivity index (χ0v) is 10.3. The standard InChI is InChI=1S/C11H19N3S/c1-8(2)9-3-4-14(5-9)6-10-7-15-11(12)13-10/h7-9H,3-6H2,1-2H3,(H2,12,13). The number of likely N-dealkylation sites (tertiary alicyclic amines) is 1. The first-order valence-electron chi connectivity index (χ1n) is 5.57. The number of hydrogen-bond acceptors (Lipinski definition) is 4. The van der Waals surface area contributed by atoms with E-state index in [1.807, 2.05) is 0 Å². The molecule has 1 aliphatic rings. The fraction of sp³-hybridized carbons (Fsp3) is 0.727. The van der Waals surface area contributed by atoms with E-state index in [9.17, 15) is 0 Å². The van der Waals surface area contributed by atoms with Gasteiger partial charge in [-0.15, -0.1) is 11.3 Å². The summed E-state index contributed by atoms with van der Waals surface area (Å²) in [5, 5.41) is 2.75. The number of nitrogens with zero attached hydrogens (tertiary/aromatic N) is 2. The average Bonchev–Trinajstić information content (AvgIpc) is 2.76. The largest absolute Gasteiger partial charge is 0.375 e. The molecule has 3 nitrogen and oxygen atoms in total. The second-order valence-electron chi connectivity index (χ2n) is 4.70. The van der Waals surface area contributed by atoms with Crippen molar-refractivity contribution < 1.29 is 0 Å². The summed E-state index contributed by atoms with van der Waals surface area (Å²) in [6.45, 7) is 8.02. The fourth-order valence-corrected chi connectivity index (χ4v) is 2.73. The molecule has 1 aromatic rings. The Morgan fingerprint density at radius 2 is 2.47 bits per heavy atom. The zero-order valence-electron chi connectivity index (χ0n) is 9.44. The predicted molar refractivity (Wildman–Crippen MR) is 64.7 cm³/mol. The second-order valence-corrected chi connectivity index (χ2v) is 5.59. The topological polar surface area (TPSA) is 42.1 Å². The van der Waals surface area contributed by atoms with E-state index in [-0.39, 0.29) is 0 Å². The van der Waals surface area contributed by atoms with Crippen LogP contribution in [-0.4, -0.2) is 23.0 Å². The summed E-state index contributed by atoms with van der Waals surface area (Å²) in [4.78, 5) is 6.78. The third-order valence-corrected chi connectivity index (χ3v) is 3.93. The van der Waals surface area contributed by atoms with Gasteiger partial charge >= 0.3 is 0 Å². The van der Waals surface area contributed by atoms with Crippen LogP contribution in [0, 0.1) is 11.8 Å². The van der Waals surface area contributed by atoms with Gasteiger partial charge in [0.2, 0.25) is 0 Å². The number of nitrogen functional groups attached to an aromatic ring is 1. The maximum Gasteiger partial charge on any atom is 0.180 e. The first-order valence-corrected chi connectivity index (χ1v) is 6.45. The molecule has 4 heteroatoms. The molecule has 1 saturated heterocycles. The van der Waals surface area contributed by atoms with Crippen molar-refractivity contribution in [3.8, 4) is 0 Å². The Morgan fingerprint density at radius 3 is 3.00 bits per heavy atom. The van der Waals surface area contributed by atoms with Gasteiger partial charge in [0.15, 0.2) is 5.13 Å². The Labute approximate surface area is 95.3 Å². The van der Waals surface area contributed by atoms with Crippen LogP contribution < -0.4 is 5.73 Å². The molecular weight excluding hydrogens is 206 g/mol. The Bertz CT molecular complexity index is 321. The van der Waals surface area contributed by atoms with Crippen molar-refractivity contribution >= 4 is 16.5 Å². The minimum absolute atomic E-state index is 0.685. The normalized spacial score (nSPS) is 22.7. The molecule has 15 heavy (non-hydrogen) atoms. The Hall–Kier alpha value is -0.610. The minimum atomic E-state index is 0.685. The molecular formula is C11H19N3S. The summed E-state index contributed by atoms with van der Waals surface area (Å²) < 4.78 is 0. The molecule has 0 amide bonds. The van der Waals surface area contributed by atoms with Crippen LogP contribution in [0.25, 0.3) is 0 Å². The average molecular weight is 225 g/mol. The summed E-state index contributed by atoms with van der Waals surface area (Å²) in [5.41, 5.74) is 6.74. The van der Waals surface area contributed by atoms with Crippen molar-refractivity contribution in [3.05, 3.63) is 11.1 Å². The van der Waals surface area contributed by atoms with E-state index >= 15 is 0 Å². The van der Waals surface area contributed by atoms with Gasteiger partial charge in [0, 0.05) is 18.5 Å². The second kappa shape index (κ2) is 4.49. The van der Waals surface area contributed by atoms with E-state index in [0.717, 1.165) is 24.1 Å². The minimum Gasteiger partial charge on any atom is -0.375 e. The van der Waals surface area contributed by atoms with Crippen LogP contribution in [0.3, 0.4) is 0 Å². The Balaban J connectivity index is 1.87. The summed E-state index contributed by atoms with van der Waals surface area (Å²) in [7, 11) is 0. The van der Waals surface area contributed by atoms with E-state index in [1.165, 1.54) is 30.8 Å². The number of anilines is 1. The van der Waals surface area contributed by atoms with Gasteiger partial charge in [0.1, 0.15) is 0 Å². The highest BCUT2D eigenvalue weighted by Crippen LogP contribution is 2.25. The molecule has 0 saturated carbocycles. The van der Waals surface area contributed by atoms with Gasteiger partial charge < -0.3 is 5.73 Å². The van der Waals surface area contributed by atoms with Crippen LogP contribution in [0.1, 0.15) is 26.0 Å². The van der Waals surface area contributed by atoms with Crippen molar-refractivity contribution in [2.45, 2.75) is 26.8 Å². The lowest BCUT2D eigenvalue weighted by molar-refractivity contribution is 0.294. The maximum absolute atomic E-state index is 5.62. The van der Waals surface area contributed by atoms with E-state index in [0.29, 0.717) is 5.13 Å². The van der Waals surface area contributed by atoms with Crippen molar-refractivity contribution in [2.75, 3.05) is 18.8 Å². The molecule has 1 fully saturated rings. The molecule has 2 heterocycles. The molecule has 1 aliphatic heterocycles. The molecule has 0 aliphatic carbocycles. The third kappa shape index (κ3) is 2.69. The maximum atomic E-state index is 5.62. The van der Waals surface area contributed by atoms with Crippen LogP contribution >= 0.6 is 11.3 Å². The molecule has 2 rings (SSSR count). The van der Waals surface area contributed by atoms with Gasteiger partial charge in [-0.05, 0) is 24.8 Å². The first kappa shape index (κ1) is 10.9. The molecule has 0 aromatic carbocycles. The van der Waals surface area contributed by atoms with Gasteiger partial charge in [-0.25, -0.2) is 4.98 Å². The quantitative estimate of drug-likeness (QED) is 0.857. The predicted octanol–water partition coefficient (Wildman–Crippen LogP) is 2.20. The summed E-state index contributed by atoms with van der Waals surface area (Å²) in [5.74, 6) is 1.66. The molecule has 2 N–H and O–H groups in total. The molecule has 1 unspecified atom stereocenters. The molecule has 0 bridgehead atoms. The van der Waals surface area contributed by atoms with Crippen molar-refractivity contribution in [2.24, 2.45) is 11.8 Å². The number of nitrogens with two attached hydrogens (primary N) is 1. The van der Waals surface area contributed by atoms with Crippen LogP contribution in [0.2, 0.25) is 0 Å². The highest BCUT2D eigenvalue weighted by Gasteiger charge is 2.24. The molecule has 0 radical (unpaired) electrons. The van der Waals surface area contributed by atoms with Crippen molar-refractivity contribution in [3.63, 3.8) is 0 Å². The first-order chi connectivity index (χ1) is 7.15. The number of aromatic nitrogens is 1. The molecule has 84 valence electrons. The van der Waals surface area contributed by atoms with Crippen LogP contribution in [0.5, 0.6) is 0 Å². The molecule has 0 spiro atoms. The summed E-state index contributed by atoms with van der Waals surface area (Å²) in [6.07, 6.45) is 1.33. The van der Waals surface area contributed by atoms with E-state index in [2.05, 4.69) is 29.1 Å². The van der Waals surface area contributed by atoms with Crippen molar-refractivity contribution in [1.82, 2.24) is 9.88 Å². The lowest BCUT2D eigenvalue weighted by Gasteiger charge is -2.16. The number of rotatable bonds is 3. The SMILES string of the molecule is CC(C)C1CCN(Cc2csc(N)n2)C1. The molecule has 1 aromatic heterocycles. The van der Waals surface area contributed by atoms with Crippen LogP contribution in [0.15, 0.2) is 5.38 Å². The van der Waals surface area contributed by atoms with Gasteiger partial charge in [0.25, 0.3) is 0 Å². The fourth-order valence-electron chi connectivity index (χ4n) is 2.17. The van der Waals surface area contributed by atoms with E-state index < -0.39 is 0 Å². The third-order valence-electron chi connectivity index (χ3n) is 3.21. The van der Waals surface area contributed by atoms with E-state index in [4.69, 9.17) is 5.73 Å². The molecule has 1 atom stereocenters. The highest BCUT2D eigenvalue weighted by atomic mass is 32.1. The van der Waals surface area contributed by atoms with Crippen LogP contribution in [-0.2, 0) is 6.54 Å². The van der Waals surface area contributed by atoms with Crippen molar-refractivity contribution in [1.29, 1.82) is 0 Å². The smallest absolute Gasteiger partial charge is 0.180 e. The van der Waals surface area contributed by atoms with Crippen LogP contribution in [0.4, 0.5) is 5.13 Å². The zero-order chi connectivity index (χ0) is 10.8. The lowest BCUT2D eigenvalue weighted by atomic mass is 9.95. The lowest BCUT2D eigenvalue weighted by Crippen LogP contribution is -2.21. The Morgan fingerprint density at radius 1 is 1.67 bits per heavy atom. The van der Waals surface area contributed by atoms with E-state index in [1.54, 1.807) is 0 Å².